The van der Waals surface area contributed by atoms with Gasteiger partial charge in [-0.1, -0.05) is 13.8 Å². The SMILES string of the molecule is CCC1(C)COC(CCl)OC1. The summed E-state index contributed by atoms with van der Waals surface area (Å²) in [5.41, 5.74) is 0.197. The lowest BCUT2D eigenvalue weighted by molar-refractivity contribution is -0.215. The van der Waals surface area contributed by atoms with Gasteiger partial charge < -0.3 is 9.47 Å². The minimum Gasteiger partial charge on any atom is -0.351 e. The maximum absolute atomic E-state index is 5.57. The molecule has 0 unspecified atom stereocenters. The Morgan fingerprint density at radius 1 is 1.45 bits per heavy atom. The normalized spacial score (nSPS) is 39.0. The average molecular weight is 179 g/mol. The summed E-state index contributed by atoms with van der Waals surface area (Å²) in [6, 6.07) is 0. The molecular weight excluding hydrogens is 164 g/mol. The van der Waals surface area contributed by atoms with Crippen molar-refractivity contribution >= 4 is 11.6 Å². The van der Waals surface area contributed by atoms with Crippen molar-refractivity contribution in [3.05, 3.63) is 0 Å². The van der Waals surface area contributed by atoms with E-state index in [-0.39, 0.29) is 11.7 Å². The quantitative estimate of drug-likeness (QED) is 0.603. The molecule has 0 aromatic heterocycles. The molecule has 0 radical (unpaired) electrons. The molecule has 1 aliphatic heterocycles. The Kier molecular flexibility index (Phi) is 3.16. The van der Waals surface area contributed by atoms with Crippen LogP contribution in [0.5, 0.6) is 0 Å². The highest BCUT2D eigenvalue weighted by Gasteiger charge is 2.30. The van der Waals surface area contributed by atoms with E-state index in [0.29, 0.717) is 5.88 Å². The fourth-order valence-electron chi connectivity index (χ4n) is 0.971. The van der Waals surface area contributed by atoms with Gasteiger partial charge >= 0.3 is 0 Å². The molecule has 0 aliphatic carbocycles. The summed E-state index contributed by atoms with van der Waals surface area (Å²) >= 11 is 5.57. The third kappa shape index (κ3) is 2.32. The minimum absolute atomic E-state index is 0.184. The number of hydrogen-bond acceptors (Lipinski definition) is 2. The van der Waals surface area contributed by atoms with Gasteiger partial charge in [-0.15, -0.1) is 11.6 Å². The van der Waals surface area contributed by atoms with Gasteiger partial charge in [0.2, 0.25) is 0 Å². The van der Waals surface area contributed by atoms with Gasteiger partial charge in [-0.05, 0) is 6.42 Å². The Morgan fingerprint density at radius 3 is 2.36 bits per heavy atom. The van der Waals surface area contributed by atoms with Crippen molar-refractivity contribution < 1.29 is 9.47 Å². The van der Waals surface area contributed by atoms with Crippen molar-refractivity contribution in [2.45, 2.75) is 26.6 Å². The monoisotopic (exact) mass is 178 g/mol. The fourth-order valence-corrected chi connectivity index (χ4v) is 1.15. The van der Waals surface area contributed by atoms with Crippen LogP contribution in [0, 0.1) is 5.41 Å². The van der Waals surface area contributed by atoms with E-state index in [2.05, 4.69) is 13.8 Å². The molecule has 0 atom stereocenters. The first-order valence-corrected chi connectivity index (χ1v) is 4.53. The van der Waals surface area contributed by atoms with Gasteiger partial charge in [-0.2, -0.15) is 0 Å². The van der Waals surface area contributed by atoms with Gasteiger partial charge in [0.25, 0.3) is 0 Å². The highest BCUT2D eigenvalue weighted by Crippen LogP contribution is 2.27. The van der Waals surface area contributed by atoms with Crippen LogP contribution >= 0.6 is 11.6 Å². The molecule has 0 spiro atoms. The van der Waals surface area contributed by atoms with Crippen LogP contribution in [-0.4, -0.2) is 25.4 Å². The van der Waals surface area contributed by atoms with Crippen molar-refractivity contribution in [3.63, 3.8) is 0 Å². The summed E-state index contributed by atoms with van der Waals surface area (Å²) < 4.78 is 10.8. The number of rotatable bonds is 2. The lowest BCUT2D eigenvalue weighted by Gasteiger charge is -2.35. The lowest BCUT2D eigenvalue weighted by atomic mass is 9.89. The molecule has 2 nitrogen and oxygen atoms in total. The van der Waals surface area contributed by atoms with E-state index >= 15 is 0 Å². The summed E-state index contributed by atoms with van der Waals surface area (Å²) in [4.78, 5) is 0. The topological polar surface area (TPSA) is 18.5 Å². The zero-order valence-electron chi connectivity index (χ0n) is 7.10. The van der Waals surface area contributed by atoms with Crippen molar-refractivity contribution in [1.29, 1.82) is 0 Å². The first-order valence-electron chi connectivity index (χ1n) is 3.99. The van der Waals surface area contributed by atoms with Crippen LogP contribution in [-0.2, 0) is 9.47 Å². The number of ether oxygens (including phenoxy) is 2. The van der Waals surface area contributed by atoms with E-state index in [0.717, 1.165) is 19.6 Å². The Bertz CT molecular complexity index is 119. The standard InChI is InChI=1S/C8H15ClO2/c1-3-8(2)5-10-7(4-9)11-6-8/h7H,3-6H2,1-2H3. The Morgan fingerprint density at radius 2 is 2.00 bits per heavy atom. The highest BCUT2D eigenvalue weighted by molar-refractivity contribution is 6.18. The summed E-state index contributed by atoms with van der Waals surface area (Å²) in [6.45, 7) is 5.84. The van der Waals surface area contributed by atoms with Crippen LogP contribution in [0.4, 0.5) is 0 Å². The van der Waals surface area contributed by atoms with E-state index in [1.165, 1.54) is 0 Å². The molecule has 11 heavy (non-hydrogen) atoms. The highest BCUT2D eigenvalue weighted by atomic mass is 35.5. The number of hydrogen-bond donors (Lipinski definition) is 0. The van der Waals surface area contributed by atoms with Crippen LogP contribution < -0.4 is 0 Å². The van der Waals surface area contributed by atoms with Gasteiger partial charge in [0.1, 0.15) is 0 Å². The van der Waals surface area contributed by atoms with Crippen LogP contribution in [0.3, 0.4) is 0 Å². The number of alkyl halides is 1. The Hall–Kier alpha value is 0.210. The second-order valence-corrected chi connectivity index (χ2v) is 3.68. The summed E-state index contributed by atoms with van der Waals surface area (Å²) in [5.74, 6) is 0.430. The van der Waals surface area contributed by atoms with Crippen molar-refractivity contribution in [1.82, 2.24) is 0 Å². The predicted molar refractivity (Wildman–Crippen MR) is 44.8 cm³/mol. The summed E-state index contributed by atoms with van der Waals surface area (Å²) in [7, 11) is 0. The van der Waals surface area contributed by atoms with Crippen LogP contribution in [0.2, 0.25) is 0 Å². The molecule has 1 aliphatic rings. The zero-order chi connectivity index (χ0) is 8.32. The first-order chi connectivity index (χ1) is 5.20. The van der Waals surface area contributed by atoms with Crippen molar-refractivity contribution in [2.24, 2.45) is 5.41 Å². The molecule has 0 saturated carbocycles. The lowest BCUT2D eigenvalue weighted by Crippen LogP contribution is -2.40. The Labute approximate surface area is 72.8 Å². The molecule has 1 rings (SSSR count). The van der Waals surface area contributed by atoms with Gasteiger partial charge in [0, 0.05) is 5.41 Å². The van der Waals surface area contributed by atoms with Crippen LogP contribution in [0.15, 0.2) is 0 Å². The first kappa shape index (κ1) is 9.30. The number of halogens is 1. The van der Waals surface area contributed by atoms with Gasteiger partial charge in [-0.25, -0.2) is 0 Å². The van der Waals surface area contributed by atoms with Crippen LogP contribution in [0.1, 0.15) is 20.3 Å². The fraction of sp³-hybridized carbons (Fsp3) is 1.00. The van der Waals surface area contributed by atoms with E-state index in [1.54, 1.807) is 0 Å². The molecule has 66 valence electrons. The van der Waals surface area contributed by atoms with Gasteiger partial charge in [0.05, 0.1) is 19.1 Å². The Balaban J connectivity index is 2.35. The molecule has 0 bridgehead atoms. The van der Waals surface area contributed by atoms with Gasteiger partial charge in [0.15, 0.2) is 6.29 Å². The van der Waals surface area contributed by atoms with Crippen molar-refractivity contribution in [2.75, 3.05) is 19.1 Å². The van der Waals surface area contributed by atoms with E-state index in [9.17, 15) is 0 Å². The molecule has 0 amide bonds. The second kappa shape index (κ2) is 3.74. The predicted octanol–water partition coefficient (Wildman–Crippen LogP) is 2.01. The third-order valence-electron chi connectivity index (χ3n) is 2.21. The molecule has 1 fully saturated rings. The van der Waals surface area contributed by atoms with E-state index in [1.807, 2.05) is 0 Å². The molecule has 1 saturated heterocycles. The van der Waals surface area contributed by atoms with Crippen LogP contribution in [0.25, 0.3) is 0 Å². The average Bonchev–Trinajstić information content (AvgIpc) is 2.06. The van der Waals surface area contributed by atoms with E-state index < -0.39 is 0 Å². The van der Waals surface area contributed by atoms with E-state index in [4.69, 9.17) is 21.1 Å². The summed E-state index contributed by atoms with van der Waals surface area (Å²) in [5, 5.41) is 0. The van der Waals surface area contributed by atoms with Crippen molar-refractivity contribution in [3.8, 4) is 0 Å². The minimum atomic E-state index is -0.184. The maximum Gasteiger partial charge on any atom is 0.171 e. The molecule has 0 N–H and O–H groups in total. The van der Waals surface area contributed by atoms with Gasteiger partial charge in [-0.3, -0.25) is 0 Å². The molecule has 0 aromatic rings. The largest absolute Gasteiger partial charge is 0.351 e. The molecular formula is C8H15ClO2. The molecule has 3 heteroatoms. The maximum atomic E-state index is 5.57. The molecule has 0 aromatic carbocycles. The second-order valence-electron chi connectivity index (χ2n) is 3.37. The zero-order valence-corrected chi connectivity index (χ0v) is 7.86. The summed E-state index contributed by atoms with van der Waals surface area (Å²) in [6.07, 6.45) is 0.901. The smallest absolute Gasteiger partial charge is 0.171 e. The third-order valence-corrected chi connectivity index (χ3v) is 2.47. The molecule has 1 heterocycles.